The van der Waals surface area contributed by atoms with Crippen LogP contribution >= 0.6 is 0 Å². The summed E-state index contributed by atoms with van der Waals surface area (Å²) in [6.45, 7) is 1.98. The molecular weight excluding hydrogens is 250 g/mol. The Morgan fingerprint density at radius 3 is 1.88 bits per heavy atom. The quantitative estimate of drug-likeness (QED) is 0.333. The lowest BCUT2D eigenvalue weighted by Crippen LogP contribution is -2.24. The van der Waals surface area contributed by atoms with Crippen molar-refractivity contribution in [2.75, 3.05) is 5.75 Å². The third-order valence-electron chi connectivity index (χ3n) is 2.03. The molecule has 0 aromatic rings. The van der Waals surface area contributed by atoms with E-state index in [0.717, 1.165) is 12.8 Å². The van der Waals surface area contributed by atoms with Crippen LogP contribution in [0.1, 0.15) is 39.0 Å². The molecular formula is C9H17NO6S. The Bertz CT molecular complexity index is 348. The van der Waals surface area contributed by atoms with E-state index in [-0.39, 0.29) is 23.7 Å². The van der Waals surface area contributed by atoms with E-state index in [1.54, 1.807) is 0 Å². The zero-order valence-electron chi connectivity index (χ0n) is 9.63. The fourth-order valence-electron chi connectivity index (χ4n) is 1.10. The van der Waals surface area contributed by atoms with Crippen molar-refractivity contribution in [1.82, 2.24) is 5.06 Å². The van der Waals surface area contributed by atoms with Gasteiger partial charge in [-0.05, 0) is 6.42 Å². The van der Waals surface area contributed by atoms with Gasteiger partial charge in [0, 0.05) is 12.8 Å². The number of hydrogen-bond acceptors (Lipinski definition) is 5. The fraction of sp³-hybridized carbons (Fsp3) is 0.778. The molecule has 0 atom stereocenters. The van der Waals surface area contributed by atoms with Gasteiger partial charge in [-0.15, -0.1) is 0 Å². The van der Waals surface area contributed by atoms with Crippen molar-refractivity contribution in [2.24, 2.45) is 0 Å². The summed E-state index contributed by atoms with van der Waals surface area (Å²) >= 11 is 0. The highest BCUT2D eigenvalue weighted by molar-refractivity contribution is 7.85. The van der Waals surface area contributed by atoms with Gasteiger partial charge in [-0.3, -0.25) is 19.3 Å². The SMILES string of the molecule is CCCCCS(=O)(=O)O.O=C1CCC(=O)N1O. The van der Waals surface area contributed by atoms with E-state index in [0.29, 0.717) is 6.42 Å². The fourth-order valence-corrected chi connectivity index (χ4v) is 1.67. The van der Waals surface area contributed by atoms with Crippen molar-refractivity contribution in [2.45, 2.75) is 39.0 Å². The van der Waals surface area contributed by atoms with E-state index in [1.807, 2.05) is 6.92 Å². The number of carbonyl (C=O) groups is 2. The van der Waals surface area contributed by atoms with E-state index in [9.17, 15) is 18.0 Å². The average Bonchev–Trinajstić information content (AvgIpc) is 2.49. The molecule has 0 bridgehead atoms. The largest absolute Gasteiger partial charge is 0.286 e. The van der Waals surface area contributed by atoms with Gasteiger partial charge in [0.1, 0.15) is 0 Å². The van der Waals surface area contributed by atoms with Crippen LogP contribution < -0.4 is 0 Å². The second-order valence-electron chi connectivity index (χ2n) is 3.59. The molecule has 8 heteroatoms. The molecule has 1 heterocycles. The standard InChI is InChI=1S/C5H12O3S.C4H5NO3/c1-2-3-4-5-9(6,7)8;6-3-1-2-4(7)5(3)8/h2-5H2,1H3,(H,6,7,8);8H,1-2H2. The molecule has 0 aromatic carbocycles. The number of imide groups is 1. The highest BCUT2D eigenvalue weighted by atomic mass is 32.2. The van der Waals surface area contributed by atoms with Crippen LogP contribution in [0.15, 0.2) is 0 Å². The summed E-state index contributed by atoms with van der Waals surface area (Å²) in [5.41, 5.74) is 0. The molecule has 1 rings (SSSR count). The van der Waals surface area contributed by atoms with Gasteiger partial charge in [0.2, 0.25) is 0 Å². The first-order valence-corrected chi connectivity index (χ1v) is 6.88. The third kappa shape index (κ3) is 7.83. The number of hydroxylamine groups is 2. The Balaban J connectivity index is 0.000000302. The minimum Gasteiger partial charge on any atom is -0.286 e. The van der Waals surface area contributed by atoms with Crippen molar-refractivity contribution in [3.8, 4) is 0 Å². The zero-order valence-corrected chi connectivity index (χ0v) is 10.4. The van der Waals surface area contributed by atoms with Crippen LogP contribution in [0.5, 0.6) is 0 Å². The van der Waals surface area contributed by atoms with E-state index in [4.69, 9.17) is 9.76 Å². The van der Waals surface area contributed by atoms with Gasteiger partial charge in [-0.2, -0.15) is 13.5 Å². The molecule has 0 aliphatic carbocycles. The molecule has 0 radical (unpaired) electrons. The molecule has 17 heavy (non-hydrogen) atoms. The molecule has 1 aliphatic rings. The number of hydrogen-bond donors (Lipinski definition) is 2. The normalized spacial score (nSPS) is 15.8. The maximum Gasteiger partial charge on any atom is 0.264 e. The van der Waals surface area contributed by atoms with Crippen LogP contribution in [-0.4, -0.2) is 40.8 Å². The van der Waals surface area contributed by atoms with Crippen LogP contribution in [-0.2, 0) is 19.7 Å². The second-order valence-corrected chi connectivity index (χ2v) is 5.16. The Morgan fingerprint density at radius 2 is 1.65 bits per heavy atom. The maximum absolute atomic E-state index is 10.2. The van der Waals surface area contributed by atoms with E-state index >= 15 is 0 Å². The van der Waals surface area contributed by atoms with Gasteiger partial charge in [0.05, 0.1) is 5.75 Å². The number of rotatable bonds is 4. The van der Waals surface area contributed by atoms with Crippen LogP contribution in [0.3, 0.4) is 0 Å². The number of carbonyl (C=O) groups excluding carboxylic acids is 2. The van der Waals surface area contributed by atoms with E-state index in [1.165, 1.54) is 0 Å². The first-order chi connectivity index (χ1) is 7.78. The molecule has 1 fully saturated rings. The molecule has 2 N–H and O–H groups in total. The van der Waals surface area contributed by atoms with Gasteiger partial charge in [-0.25, -0.2) is 0 Å². The summed E-state index contributed by atoms with van der Waals surface area (Å²) in [7, 11) is -3.70. The summed E-state index contributed by atoms with van der Waals surface area (Å²) in [6, 6.07) is 0. The maximum atomic E-state index is 10.2. The Kier molecular flexibility index (Phi) is 6.93. The monoisotopic (exact) mass is 267 g/mol. The molecule has 1 saturated heterocycles. The van der Waals surface area contributed by atoms with Gasteiger partial charge >= 0.3 is 0 Å². The first-order valence-electron chi connectivity index (χ1n) is 5.27. The van der Waals surface area contributed by atoms with E-state index in [2.05, 4.69) is 0 Å². The van der Waals surface area contributed by atoms with Crippen molar-refractivity contribution in [3.63, 3.8) is 0 Å². The summed E-state index contributed by atoms with van der Waals surface area (Å²) in [4.78, 5) is 20.5. The zero-order chi connectivity index (χ0) is 13.5. The Labute approximate surface area is 100 Å². The van der Waals surface area contributed by atoms with Crippen molar-refractivity contribution in [1.29, 1.82) is 0 Å². The summed E-state index contributed by atoms with van der Waals surface area (Å²) in [5, 5.41) is 8.57. The van der Waals surface area contributed by atoms with Crippen LogP contribution in [0.2, 0.25) is 0 Å². The van der Waals surface area contributed by atoms with Gasteiger partial charge < -0.3 is 0 Å². The predicted molar refractivity (Wildman–Crippen MR) is 58.8 cm³/mol. The third-order valence-corrected chi connectivity index (χ3v) is 2.84. The van der Waals surface area contributed by atoms with Crippen LogP contribution in [0.4, 0.5) is 0 Å². The topological polar surface area (TPSA) is 112 Å². The molecule has 1 aliphatic heterocycles. The molecule has 7 nitrogen and oxygen atoms in total. The highest BCUT2D eigenvalue weighted by Crippen LogP contribution is 2.07. The van der Waals surface area contributed by atoms with Crippen molar-refractivity contribution >= 4 is 21.9 Å². The smallest absolute Gasteiger partial charge is 0.264 e. The number of unbranched alkanes of at least 4 members (excludes halogenated alkanes) is 2. The molecule has 0 aromatic heterocycles. The van der Waals surface area contributed by atoms with Crippen molar-refractivity contribution < 1.29 is 27.8 Å². The number of amides is 2. The molecule has 0 spiro atoms. The summed E-state index contributed by atoms with van der Waals surface area (Å²) < 4.78 is 28.3. The molecule has 0 saturated carbocycles. The van der Waals surface area contributed by atoms with Crippen LogP contribution in [0, 0.1) is 0 Å². The van der Waals surface area contributed by atoms with Gasteiger partial charge in [-0.1, -0.05) is 19.8 Å². The Morgan fingerprint density at radius 1 is 1.18 bits per heavy atom. The predicted octanol–water partition coefficient (Wildman–Crippen LogP) is 0.589. The lowest BCUT2D eigenvalue weighted by Gasteiger charge is -1.98. The minimum atomic E-state index is -3.70. The van der Waals surface area contributed by atoms with E-state index < -0.39 is 21.9 Å². The molecule has 100 valence electrons. The summed E-state index contributed by atoms with van der Waals surface area (Å²) in [5.74, 6) is -1.11. The number of nitrogens with zero attached hydrogens (tertiary/aromatic N) is 1. The van der Waals surface area contributed by atoms with Crippen LogP contribution in [0.25, 0.3) is 0 Å². The van der Waals surface area contributed by atoms with Gasteiger partial charge in [0.15, 0.2) is 0 Å². The lowest BCUT2D eigenvalue weighted by atomic mass is 10.3. The second kappa shape index (κ2) is 7.36. The average molecular weight is 267 g/mol. The highest BCUT2D eigenvalue weighted by Gasteiger charge is 2.26. The van der Waals surface area contributed by atoms with Crippen molar-refractivity contribution in [3.05, 3.63) is 0 Å². The van der Waals surface area contributed by atoms with Gasteiger partial charge in [0.25, 0.3) is 21.9 Å². The molecule has 0 unspecified atom stereocenters. The minimum absolute atomic E-state index is 0.0964. The lowest BCUT2D eigenvalue weighted by molar-refractivity contribution is -0.171. The summed E-state index contributed by atoms with van der Waals surface area (Å²) in [6.07, 6.45) is 2.69. The molecule has 2 amide bonds. The Hall–Kier alpha value is -0.990. The first kappa shape index (κ1) is 16.0.